The van der Waals surface area contributed by atoms with Crippen molar-refractivity contribution in [2.24, 2.45) is 0 Å². The van der Waals surface area contributed by atoms with Crippen LogP contribution in [0.15, 0.2) is 47.4 Å². The average Bonchev–Trinajstić information content (AvgIpc) is 3.73. The predicted molar refractivity (Wildman–Crippen MR) is 147 cm³/mol. The molecule has 0 aromatic heterocycles. The van der Waals surface area contributed by atoms with Crippen LogP contribution in [0.25, 0.3) is 0 Å². The Bertz CT molecular complexity index is 1400. The van der Waals surface area contributed by atoms with Gasteiger partial charge in [-0.05, 0) is 54.0 Å². The second kappa shape index (κ2) is 12.5. The maximum absolute atomic E-state index is 12.5. The third kappa shape index (κ3) is 7.45. The van der Waals surface area contributed by atoms with Gasteiger partial charge in [-0.2, -0.15) is 0 Å². The molecule has 0 bridgehead atoms. The van der Waals surface area contributed by atoms with Gasteiger partial charge in [0.1, 0.15) is 12.7 Å². The van der Waals surface area contributed by atoms with Gasteiger partial charge in [-0.25, -0.2) is 8.42 Å². The summed E-state index contributed by atoms with van der Waals surface area (Å²) in [6, 6.07) is 12.3. The van der Waals surface area contributed by atoms with Crippen molar-refractivity contribution in [3.8, 4) is 0 Å². The minimum Gasteiger partial charge on any atom is -0.463 e. The standard InChI is InChI=1S/C29H33ClO10S/c1-17(31)37-16-25-15-26(38-18(2)32)28(39-19(3)33)29(36-4,40-25)24-11-12-27(41(30,34)35)23(14-24)13-20-5-7-21(8-6-20)22-9-10-22/h5-8,11-12,14,22,25-26,28H,9-10,13,15-16H2,1-4H3/t25-,26-,28+,29-/m0/s1. The number of methoxy groups -OCH3 is 1. The molecule has 2 aromatic rings. The fraction of sp³-hybridized carbons (Fsp3) is 0.483. The van der Waals surface area contributed by atoms with Gasteiger partial charge in [0, 0.05) is 50.5 Å². The van der Waals surface area contributed by atoms with Crippen molar-refractivity contribution in [3.05, 3.63) is 64.7 Å². The Balaban J connectivity index is 1.81. The Kier molecular flexibility index (Phi) is 9.42. The van der Waals surface area contributed by atoms with E-state index in [-0.39, 0.29) is 29.9 Å². The third-order valence-electron chi connectivity index (χ3n) is 7.08. The molecule has 1 saturated carbocycles. The molecule has 0 radical (unpaired) electrons. The minimum atomic E-state index is -4.15. The Morgan fingerprint density at radius 3 is 2.17 bits per heavy atom. The van der Waals surface area contributed by atoms with Gasteiger partial charge in [-0.15, -0.1) is 0 Å². The van der Waals surface area contributed by atoms with Gasteiger partial charge < -0.3 is 23.7 Å². The summed E-state index contributed by atoms with van der Waals surface area (Å²) >= 11 is 0. The highest BCUT2D eigenvalue weighted by Gasteiger charge is 2.56. The summed E-state index contributed by atoms with van der Waals surface area (Å²) < 4.78 is 53.6. The molecular weight excluding hydrogens is 576 g/mol. The van der Waals surface area contributed by atoms with Crippen LogP contribution in [0.2, 0.25) is 0 Å². The van der Waals surface area contributed by atoms with Crippen molar-refractivity contribution in [2.45, 2.75) is 81.4 Å². The van der Waals surface area contributed by atoms with Crippen LogP contribution in [-0.2, 0) is 59.3 Å². The van der Waals surface area contributed by atoms with Crippen LogP contribution in [0.1, 0.15) is 68.2 Å². The molecule has 2 aromatic carbocycles. The van der Waals surface area contributed by atoms with E-state index in [4.69, 9.17) is 34.4 Å². The summed E-state index contributed by atoms with van der Waals surface area (Å²) in [6.45, 7) is 3.45. The van der Waals surface area contributed by atoms with E-state index in [1.807, 2.05) is 24.3 Å². The van der Waals surface area contributed by atoms with Crippen LogP contribution in [0.3, 0.4) is 0 Å². The van der Waals surface area contributed by atoms with Crippen LogP contribution < -0.4 is 0 Å². The molecule has 0 N–H and O–H groups in total. The molecule has 222 valence electrons. The number of rotatable bonds is 10. The van der Waals surface area contributed by atoms with Crippen molar-refractivity contribution in [2.75, 3.05) is 13.7 Å². The first kappa shape index (κ1) is 31.0. The van der Waals surface area contributed by atoms with Gasteiger partial charge in [-0.1, -0.05) is 30.3 Å². The molecule has 2 fully saturated rings. The van der Waals surface area contributed by atoms with Crippen LogP contribution in [-0.4, -0.2) is 58.4 Å². The lowest BCUT2D eigenvalue weighted by molar-refractivity contribution is -0.347. The normalized spacial score (nSPS) is 24.4. The van der Waals surface area contributed by atoms with E-state index in [9.17, 15) is 22.8 Å². The van der Waals surface area contributed by atoms with Gasteiger partial charge >= 0.3 is 17.9 Å². The molecule has 1 aliphatic heterocycles. The third-order valence-corrected chi connectivity index (χ3v) is 8.51. The Morgan fingerprint density at radius 1 is 0.976 bits per heavy atom. The fourth-order valence-corrected chi connectivity index (χ4v) is 6.32. The number of hydrogen-bond acceptors (Lipinski definition) is 10. The first-order valence-corrected chi connectivity index (χ1v) is 15.5. The smallest absolute Gasteiger partial charge is 0.303 e. The zero-order valence-electron chi connectivity index (χ0n) is 23.3. The maximum Gasteiger partial charge on any atom is 0.303 e. The molecule has 2 aliphatic rings. The molecule has 10 nitrogen and oxygen atoms in total. The number of carbonyl (C=O) groups is 3. The Morgan fingerprint density at radius 2 is 1.63 bits per heavy atom. The van der Waals surface area contributed by atoms with Gasteiger partial charge in [0.15, 0.2) is 6.10 Å². The van der Waals surface area contributed by atoms with Gasteiger partial charge in [0.2, 0.25) is 5.79 Å². The van der Waals surface area contributed by atoms with Gasteiger partial charge in [0.25, 0.3) is 9.05 Å². The van der Waals surface area contributed by atoms with E-state index in [0.29, 0.717) is 11.5 Å². The summed E-state index contributed by atoms with van der Waals surface area (Å²) in [4.78, 5) is 35.7. The largest absolute Gasteiger partial charge is 0.463 e. The Hall–Kier alpha value is -2.99. The van der Waals surface area contributed by atoms with E-state index >= 15 is 0 Å². The first-order valence-electron chi connectivity index (χ1n) is 13.2. The zero-order chi connectivity index (χ0) is 29.9. The molecule has 4 atom stereocenters. The second-order valence-corrected chi connectivity index (χ2v) is 12.8. The van der Waals surface area contributed by atoms with E-state index in [1.165, 1.54) is 45.6 Å². The van der Waals surface area contributed by atoms with Crippen molar-refractivity contribution in [1.29, 1.82) is 0 Å². The SMILES string of the molecule is CO[C@@]1(c2ccc(S(=O)(=O)Cl)c(Cc3ccc(C4CC4)cc3)c2)O[C@H](COC(C)=O)C[C@H](OC(C)=O)[C@H]1OC(C)=O. The van der Waals surface area contributed by atoms with Crippen molar-refractivity contribution in [3.63, 3.8) is 0 Å². The van der Waals surface area contributed by atoms with Crippen molar-refractivity contribution < 1.29 is 46.5 Å². The zero-order valence-corrected chi connectivity index (χ0v) is 24.8. The molecule has 0 amide bonds. The number of benzene rings is 2. The average molecular weight is 609 g/mol. The van der Waals surface area contributed by atoms with E-state index < -0.39 is 51.1 Å². The fourth-order valence-electron chi connectivity index (χ4n) is 5.19. The van der Waals surface area contributed by atoms with E-state index in [1.54, 1.807) is 6.07 Å². The van der Waals surface area contributed by atoms with Gasteiger partial charge in [0.05, 0.1) is 11.0 Å². The topological polar surface area (TPSA) is 132 Å². The molecule has 1 heterocycles. The van der Waals surface area contributed by atoms with E-state index in [0.717, 1.165) is 18.4 Å². The summed E-state index contributed by atoms with van der Waals surface area (Å²) in [5.74, 6) is -3.17. The summed E-state index contributed by atoms with van der Waals surface area (Å²) in [6.07, 6.45) is -0.597. The van der Waals surface area contributed by atoms with Crippen LogP contribution in [0, 0.1) is 0 Å². The Labute approximate surface area is 243 Å². The lowest BCUT2D eigenvalue weighted by Gasteiger charge is -2.47. The quantitative estimate of drug-likeness (QED) is 0.221. The van der Waals surface area contributed by atoms with Crippen LogP contribution >= 0.6 is 10.7 Å². The monoisotopic (exact) mass is 608 g/mol. The molecule has 0 spiro atoms. The van der Waals surface area contributed by atoms with Crippen molar-refractivity contribution in [1.82, 2.24) is 0 Å². The highest BCUT2D eigenvalue weighted by Crippen LogP contribution is 2.44. The first-order chi connectivity index (χ1) is 19.3. The van der Waals surface area contributed by atoms with Crippen LogP contribution in [0.4, 0.5) is 0 Å². The number of halogens is 1. The molecule has 12 heteroatoms. The molecule has 1 aliphatic carbocycles. The highest BCUT2D eigenvalue weighted by molar-refractivity contribution is 8.13. The molecule has 41 heavy (non-hydrogen) atoms. The summed E-state index contributed by atoms with van der Waals surface area (Å²) in [5, 5.41) is 0. The predicted octanol–water partition coefficient (Wildman–Crippen LogP) is 4.10. The van der Waals surface area contributed by atoms with Gasteiger partial charge in [-0.3, -0.25) is 14.4 Å². The highest BCUT2D eigenvalue weighted by atomic mass is 35.7. The number of hydrogen-bond donors (Lipinski definition) is 0. The lowest BCUT2D eigenvalue weighted by Crippen LogP contribution is -2.60. The van der Waals surface area contributed by atoms with E-state index in [2.05, 4.69) is 0 Å². The van der Waals surface area contributed by atoms with Crippen LogP contribution in [0.5, 0.6) is 0 Å². The number of carbonyl (C=O) groups excluding carboxylic acids is 3. The summed E-state index contributed by atoms with van der Waals surface area (Å²) in [5.41, 5.74) is 2.72. The minimum absolute atomic E-state index is 0.0320. The molecule has 0 unspecified atom stereocenters. The molecular formula is C29H33ClO10S. The lowest BCUT2D eigenvalue weighted by atomic mass is 9.87. The number of esters is 3. The maximum atomic E-state index is 12.5. The van der Waals surface area contributed by atoms with Crippen molar-refractivity contribution >= 4 is 37.6 Å². The molecule has 4 rings (SSSR count). The summed E-state index contributed by atoms with van der Waals surface area (Å²) in [7, 11) is 2.99. The second-order valence-electron chi connectivity index (χ2n) is 10.3. The molecule has 1 saturated heterocycles. The number of ether oxygens (including phenoxy) is 5.